The van der Waals surface area contributed by atoms with Crippen molar-refractivity contribution < 1.29 is 0 Å². The summed E-state index contributed by atoms with van der Waals surface area (Å²) in [5, 5.41) is 9.87. The highest BCUT2D eigenvalue weighted by Gasteiger charge is 2.02. The molecule has 1 aromatic carbocycles. The van der Waals surface area contributed by atoms with E-state index in [-0.39, 0.29) is 0 Å². The molecule has 0 radical (unpaired) electrons. The Hall–Kier alpha value is -1.75. The number of nitriles is 1. The highest BCUT2D eigenvalue weighted by Crippen LogP contribution is 2.16. The second-order valence-corrected chi connectivity index (χ2v) is 2.76. The molecule has 0 saturated heterocycles. The van der Waals surface area contributed by atoms with Crippen molar-refractivity contribution in [1.29, 1.82) is 5.26 Å². The number of aryl methyl sites for hydroxylation is 1. The van der Waals surface area contributed by atoms with Crippen LogP contribution in [0.3, 0.4) is 0 Å². The zero-order chi connectivity index (χ0) is 8.55. The molecule has 0 aliphatic heterocycles. The first-order valence-electron chi connectivity index (χ1n) is 3.77. The summed E-state index contributed by atoms with van der Waals surface area (Å²) in [5.41, 5.74) is 1.81. The predicted octanol–water partition coefficient (Wildman–Crippen LogP) is 2.05. The number of fused-ring (bicyclic) bond motifs is 1. The highest BCUT2D eigenvalue weighted by atomic mass is 14.9. The van der Waals surface area contributed by atoms with E-state index >= 15 is 0 Å². The second-order valence-electron chi connectivity index (χ2n) is 2.76. The molecule has 0 fully saturated rings. The quantitative estimate of drug-likeness (QED) is 0.573. The van der Waals surface area contributed by atoms with Gasteiger partial charge < -0.3 is 4.57 Å². The van der Waals surface area contributed by atoms with Gasteiger partial charge in [-0.3, -0.25) is 0 Å². The second kappa shape index (κ2) is 2.38. The standard InChI is InChI=1S/C10H8N2/c1-12-9(7-11)6-8-4-2-3-5-10(8)12/h2-6H,1H3. The van der Waals surface area contributed by atoms with Gasteiger partial charge in [0.25, 0.3) is 0 Å². The Morgan fingerprint density at radius 3 is 2.75 bits per heavy atom. The first kappa shape index (κ1) is 6.93. The lowest BCUT2D eigenvalue weighted by atomic mass is 10.2. The summed E-state index contributed by atoms with van der Waals surface area (Å²) >= 11 is 0. The highest BCUT2D eigenvalue weighted by molar-refractivity contribution is 5.82. The van der Waals surface area contributed by atoms with Gasteiger partial charge in [-0.2, -0.15) is 5.26 Å². The molecule has 2 nitrogen and oxygen atoms in total. The number of benzene rings is 1. The van der Waals surface area contributed by atoms with Gasteiger partial charge in [-0.25, -0.2) is 0 Å². The van der Waals surface area contributed by atoms with E-state index in [4.69, 9.17) is 5.26 Å². The summed E-state index contributed by atoms with van der Waals surface area (Å²) in [6.07, 6.45) is 0. The third-order valence-electron chi connectivity index (χ3n) is 2.07. The van der Waals surface area contributed by atoms with E-state index in [0.29, 0.717) is 5.69 Å². The van der Waals surface area contributed by atoms with Crippen LogP contribution in [-0.4, -0.2) is 4.57 Å². The van der Waals surface area contributed by atoms with Gasteiger partial charge in [0.2, 0.25) is 0 Å². The van der Waals surface area contributed by atoms with E-state index in [1.807, 2.05) is 41.9 Å². The molecular formula is C10H8N2. The molecule has 0 aliphatic carbocycles. The largest absolute Gasteiger partial charge is 0.335 e. The van der Waals surface area contributed by atoms with Gasteiger partial charge in [0.15, 0.2) is 0 Å². The minimum Gasteiger partial charge on any atom is -0.335 e. The number of hydrogen-bond acceptors (Lipinski definition) is 1. The lowest BCUT2D eigenvalue weighted by molar-refractivity contribution is 0.947. The maximum atomic E-state index is 8.75. The molecule has 0 N–H and O–H groups in total. The van der Waals surface area contributed by atoms with E-state index in [0.717, 1.165) is 10.9 Å². The van der Waals surface area contributed by atoms with E-state index in [2.05, 4.69) is 6.07 Å². The fraction of sp³-hybridized carbons (Fsp3) is 0.100. The zero-order valence-corrected chi connectivity index (χ0v) is 6.78. The molecular weight excluding hydrogens is 148 g/mol. The summed E-state index contributed by atoms with van der Waals surface area (Å²) < 4.78 is 1.90. The Balaban J connectivity index is 2.90. The van der Waals surface area contributed by atoms with Crippen molar-refractivity contribution in [2.75, 3.05) is 0 Å². The Bertz CT molecular complexity index is 460. The normalized spacial score (nSPS) is 10.0. The summed E-state index contributed by atoms with van der Waals surface area (Å²) in [7, 11) is 1.90. The van der Waals surface area contributed by atoms with Gasteiger partial charge in [-0.15, -0.1) is 0 Å². The molecule has 1 heterocycles. The summed E-state index contributed by atoms with van der Waals surface area (Å²) in [6.45, 7) is 0. The van der Waals surface area contributed by atoms with Gasteiger partial charge in [-0.05, 0) is 12.1 Å². The van der Waals surface area contributed by atoms with Gasteiger partial charge in [0.05, 0.1) is 0 Å². The van der Waals surface area contributed by atoms with Crippen LogP contribution in [0, 0.1) is 11.3 Å². The number of nitrogens with zero attached hydrogens (tertiary/aromatic N) is 2. The molecule has 58 valence electrons. The average molecular weight is 156 g/mol. The molecule has 12 heavy (non-hydrogen) atoms. The molecule has 0 amide bonds. The third-order valence-corrected chi connectivity index (χ3v) is 2.07. The monoisotopic (exact) mass is 156 g/mol. The van der Waals surface area contributed by atoms with E-state index in [9.17, 15) is 0 Å². The molecule has 0 unspecified atom stereocenters. The van der Waals surface area contributed by atoms with Crippen molar-refractivity contribution in [3.05, 3.63) is 36.0 Å². The average Bonchev–Trinajstić information content (AvgIpc) is 2.44. The lowest BCUT2D eigenvalue weighted by Crippen LogP contribution is -1.89. The summed E-state index contributed by atoms with van der Waals surface area (Å²) in [4.78, 5) is 0. The zero-order valence-electron chi connectivity index (χ0n) is 6.78. The van der Waals surface area contributed by atoms with Crippen molar-refractivity contribution >= 4 is 10.9 Å². The Kier molecular flexibility index (Phi) is 1.38. The van der Waals surface area contributed by atoms with E-state index < -0.39 is 0 Å². The number of hydrogen-bond donors (Lipinski definition) is 0. The number of aromatic nitrogens is 1. The topological polar surface area (TPSA) is 28.7 Å². The maximum absolute atomic E-state index is 8.75. The van der Waals surface area contributed by atoms with Crippen LogP contribution in [0.15, 0.2) is 30.3 Å². The predicted molar refractivity (Wildman–Crippen MR) is 47.6 cm³/mol. The lowest BCUT2D eigenvalue weighted by Gasteiger charge is -1.94. The molecule has 2 heteroatoms. The van der Waals surface area contributed by atoms with Gasteiger partial charge in [0, 0.05) is 18.0 Å². The molecule has 0 aliphatic rings. The Labute approximate surface area is 70.7 Å². The van der Waals surface area contributed by atoms with Crippen LogP contribution in [-0.2, 0) is 7.05 Å². The Morgan fingerprint density at radius 2 is 2.08 bits per heavy atom. The van der Waals surface area contributed by atoms with E-state index in [1.165, 1.54) is 0 Å². The van der Waals surface area contributed by atoms with Crippen LogP contribution in [0.4, 0.5) is 0 Å². The molecule has 1 aromatic heterocycles. The first-order chi connectivity index (χ1) is 5.83. The van der Waals surface area contributed by atoms with Crippen molar-refractivity contribution in [3.8, 4) is 6.07 Å². The number of rotatable bonds is 0. The van der Waals surface area contributed by atoms with Crippen LogP contribution in [0.5, 0.6) is 0 Å². The molecule has 0 saturated carbocycles. The molecule has 0 bridgehead atoms. The molecule has 0 spiro atoms. The van der Waals surface area contributed by atoms with Crippen LogP contribution < -0.4 is 0 Å². The maximum Gasteiger partial charge on any atom is 0.121 e. The van der Waals surface area contributed by atoms with Crippen LogP contribution in [0.2, 0.25) is 0 Å². The van der Waals surface area contributed by atoms with Crippen molar-refractivity contribution in [2.24, 2.45) is 7.05 Å². The smallest absolute Gasteiger partial charge is 0.121 e. The minimum atomic E-state index is 0.705. The fourth-order valence-electron chi connectivity index (χ4n) is 1.40. The fourth-order valence-corrected chi connectivity index (χ4v) is 1.40. The van der Waals surface area contributed by atoms with Crippen molar-refractivity contribution in [1.82, 2.24) is 4.57 Å². The summed E-state index contributed by atoms with van der Waals surface area (Å²) in [5.74, 6) is 0. The SMILES string of the molecule is Cn1c(C#N)cc2ccccc21. The first-order valence-corrected chi connectivity index (χ1v) is 3.77. The summed E-state index contributed by atoms with van der Waals surface area (Å²) in [6, 6.07) is 12.0. The van der Waals surface area contributed by atoms with Crippen LogP contribution in [0.1, 0.15) is 5.69 Å². The number of para-hydroxylation sites is 1. The third kappa shape index (κ3) is 0.802. The van der Waals surface area contributed by atoms with Gasteiger partial charge in [-0.1, -0.05) is 18.2 Å². The van der Waals surface area contributed by atoms with Gasteiger partial charge in [0.1, 0.15) is 11.8 Å². The van der Waals surface area contributed by atoms with E-state index in [1.54, 1.807) is 0 Å². The molecule has 2 aromatic rings. The Morgan fingerprint density at radius 1 is 1.33 bits per heavy atom. The minimum absolute atomic E-state index is 0.705. The van der Waals surface area contributed by atoms with Crippen LogP contribution in [0.25, 0.3) is 10.9 Å². The van der Waals surface area contributed by atoms with Gasteiger partial charge >= 0.3 is 0 Å². The van der Waals surface area contributed by atoms with Crippen molar-refractivity contribution in [2.45, 2.75) is 0 Å². The molecule has 2 rings (SSSR count). The van der Waals surface area contributed by atoms with Crippen molar-refractivity contribution in [3.63, 3.8) is 0 Å². The van der Waals surface area contributed by atoms with Crippen LogP contribution >= 0.6 is 0 Å². The molecule has 0 atom stereocenters.